The van der Waals surface area contributed by atoms with Gasteiger partial charge in [-0.2, -0.15) is 0 Å². The summed E-state index contributed by atoms with van der Waals surface area (Å²) in [5.41, 5.74) is 0. The minimum absolute atomic E-state index is 0.227. The Morgan fingerprint density at radius 3 is 2.74 bits per heavy atom. The van der Waals surface area contributed by atoms with Gasteiger partial charge in [0.1, 0.15) is 11.9 Å². The molecule has 1 unspecified atom stereocenters. The monoisotopic (exact) mass is 258 g/mol. The van der Waals surface area contributed by atoms with Crippen LogP contribution in [0.15, 0.2) is 36.6 Å². The summed E-state index contributed by atoms with van der Waals surface area (Å²) in [6.45, 7) is 5.56. The molecule has 2 N–H and O–H groups in total. The van der Waals surface area contributed by atoms with E-state index in [2.05, 4.69) is 37.2 Å². The first-order valence-corrected chi connectivity index (χ1v) is 6.58. The highest BCUT2D eigenvalue weighted by atomic mass is 16.3. The first-order chi connectivity index (χ1) is 9.20. The molecule has 1 atom stereocenters. The summed E-state index contributed by atoms with van der Waals surface area (Å²) < 4.78 is 0. The van der Waals surface area contributed by atoms with Crippen LogP contribution in [0.5, 0.6) is 0 Å². The maximum absolute atomic E-state index is 9.51. The summed E-state index contributed by atoms with van der Waals surface area (Å²) in [7, 11) is 0. The van der Waals surface area contributed by atoms with E-state index in [4.69, 9.17) is 5.11 Å². The van der Waals surface area contributed by atoms with Gasteiger partial charge in [-0.3, -0.25) is 0 Å². The van der Waals surface area contributed by atoms with Crippen LogP contribution in [0.4, 0.5) is 0 Å². The Bertz CT molecular complexity index is 422. The Balaban J connectivity index is 3.97. The second-order valence-corrected chi connectivity index (χ2v) is 4.03. The molecular formula is C17H22O2. The van der Waals surface area contributed by atoms with Gasteiger partial charge in [-0.25, -0.2) is 0 Å². The summed E-state index contributed by atoms with van der Waals surface area (Å²) in [6.07, 6.45) is 11.0. The third-order valence-corrected chi connectivity index (χ3v) is 2.33. The van der Waals surface area contributed by atoms with Gasteiger partial charge in [-0.15, -0.1) is 0 Å². The van der Waals surface area contributed by atoms with Crippen molar-refractivity contribution in [3.05, 3.63) is 36.6 Å². The van der Waals surface area contributed by atoms with Crippen LogP contribution in [0.1, 0.15) is 39.0 Å². The summed E-state index contributed by atoms with van der Waals surface area (Å²) in [6, 6.07) is 0. The predicted molar refractivity (Wildman–Crippen MR) is 80.4 cm³/mol. The van der Waals surface area contributed by atoms with E-state index in [1.807, 2.05) is 0 Å². The quantitative estimate of drug-likeness (QED) is 0.241. The fourth-order valence-corrected chi connectivity index (χ4v) is 1.26. The lowest BCUT2D eigenvalue weighted by Gasteiger charge is -1.94. The standard InChI is InChI=1S/C17H22O2/c1-3-5-6-7-11-14-17(19)15-12-9-8-10-13-16(18)4-2/h4,12,14-16,18-19H,2-3,5-7,11H2,1H3/b15-12+,17-14-. The lowest BCUT2D eigenvalue weighted by atomic mass is 10.1. The highest BCUT2D eigenvalue weighted by Crippen LogP contribution is 2.04. The molecule has 0 saturated carbocycles. The number of rotatable bonds is 7. The van der Waals surface area contributed by atoms with Crippen LogP contribution in [0.3, 0.4) is 0 Å². The zero-order valence-electron chi connectivity index (χ0n) is 11.5. The van der Waals surface area contributed by atoms with Gasteiger partial charge in [0.15, 0.2) is 0 Å². The van der Waals surface area contributed by atoms with Crippen LogP contribution in [0.2, 0.25) is 0 Å². The van der Waals surface area contributed by atoms with E-state index in [0.29, 0.717) is 0 Å². The Hall–Kier alpha value is -1.90. The number of hydrogen-bond acceptors (Lipinski definition) is 2. The van der Waals surface area contributed by atoms with E-state index in [-0.39, 0.29) is 5.76 Å². The first-order valence-electron chi connectivity index (χ1n) is 6.58. The molecule has 0 radical (unpaired) electrons. The highest BCUT2D eigenvalue weighted by molar-refractivity contribution is 5.33. The van der Waals surface area contributed by atoms with Gasteiger partial charge in [-0.1, -0.05) is 50.7 Å². The minimum Gasteiger partial charge on any atom is -0.508 e. The topological polar surface area (TPSA) is 40.5 Å². The van der Waals surface area contributed by atoms with E-state index < -0.39 is 6.10 Å². The van der Waals surface area contributed by atoms with Crippen LogP contribution in [-0.2, 0) is 0 Å². The van der Waals surface area contributed by atoms with Gasteiger partial charge in [0.2, 0.25) is 0 Å². The summed E-state index contributed by atoms with van der Waals surface area (Å²) in [5, 5.41) is 18.5. The molecule has 0 aliphatic rings. The number of aliphatic hydroxyl groups excluding tert-OH is 2. The Morgan fingerprint density at radius 2 is 2.05 bits per heavy atom. The zero-order valence-corrected chi connectivity index (χ0v) is 11.5. The van der Waals surface area contributed by atoms with E-state index >= 15 is 0 Å². The summed E-state index contributed by atoms with van der Waals surface area (Å²) in [4.78, 5) is 0. The molecule has 0 heterocycles. The third kappa shape index (κ3) is 12.3. The van der Waals surface area contributed by atoms with Crippen LogP contribution in [0, 0.1) is 23.7 Å². The number of allylic oxidation sites excluding steroid dienone is 3. The van der Waals surface area contributed by atoms with Gasteiger partial charge in [0.05, 0.1) is 0 Å². The highest BCUT2D eigenvalue weighted by Gasteiger charge is 1.87. The SMILES string of the molecule is C=CC(O)C#CC#C/C=C/C(O)=C/CCCCCC. The molecular weight excluding hydrogens is 236 g/mol. The molecule has 0 amide bonds. The second-order valence-electron chi connectivity index (χ2n) is 4.03. The lowest BCUT2D eigenvalue weighted by Crippen LogP contribution is -1.94. The molecule has 0 aliphatic heterocycles. The molecule has 0 aromatic rings. The molecule has 2 heteroatoms. The summed E-state index contributed by atoms with van der Waals surface area (Å²) in [5.74, 6) is 10.4. The number of hydrogen-bond donors (Lipinski definition) is 2. The molecule has 0 aromatic carbocycles. The van der Waals surface area contributed by atoms with Crippen molar-refractivity contribution in [1.29, 1.82) is 0 Å². The first kappa shape index (κ1) is 17.1. The molecule has 102 valence electrons. The van der Waals surface area contributed by atoms with Crippen LogP contribution >= 0.6 is 0 Å². The molecule has 0 fully saturated rings. The predicted octanol–water partition coefficient (Wildman–Crippen LogP) is 3.51. The van der Waals surface area contributed by atoms with E-state index in [0.717, 1.165) is 12.8 Å². The largest absolute Gasteiger partial charge is 0.508 e. The smallest absolute Gasteiger partial charge is 0.134 e. The minimum atomic E-state index is -0.838. The van der Waals surface area contributed by atoms with Crippen LogP contribution in [0.25, 0.3) is 0 Å². The fraction of sp³-hybridized carbons (Fsp3) is 0.412. The van der Waals surface area contributed by atoms with Gasteiger partial charge in [-0.05, 0) is 42.9 Å². The van der Waals surface area contributed by atoms with Crippen molar-refractivity contribution in [3.8, 4) is 23.7 Å². The van der Waals surface area contributed by atoms with Crippen molar-refractivity contribution >= 4 is 0 Å². The van der Waals surface area contributed by atoms with Gasteiger partial charge >= 0.3 is 0 Å². The zero-order chi connectivity index (χ0) is 14.3. The molecule has 0 aromatic heterocycles. The normalized spacial score (nSPS) is 12.2. The third-order valence-electron chi connectivity index (χ3n) is 2.33. The molecule has 2 nitrogen and oxygen atoms in total. The van der Waals surface area contributed by atoms with Crippen molar-refractivity contribution in [1.82, 2.24) is 0 Å². The second kappa shape index (κ2) is 12.6. The number of unbranched alkanes of at least 4 members (excludes halogenated alkanes) is 4. The van der Waals surface area contributed by atoms with Crippen molar-refractivity contribution in [3.63, 3.8) is 0 Å². The number of aliphatic hydroxyl groups is 2. The van der Waals surface area contributed by atoms with Crippen molar-refractivity contribution < 1.29 is 10.2 Å². The molecule has 0 bridgehead atoms. The fourth-order valence-electron chi connectivity index (χ4n) is 1.26. The van der Waals surface area contributed by atoms with Gasteiger partial charge in [0.25, 0.3) is 0 Å². The van der Waals surface area contributed by atoms with Gasteiger partial charge < -0.3 is 10.2 Å². The average Bonchev–Trinajstić information content (AvgIpc) is 2.42. The lowest BCUT2D eigenvalue weighted by molar-refractivity contribution is 0.281. The van der Waals surface area contributed by atoms with E-state index in [1.165, 1.54) is 31.4 Å². The molecule has 19 heavy (non-hydrogen) atoms. The Labute approximate surface area is 116 Å². The van der Waals surface area contributed by atoms with Crippen molar-refractivity contribution in [2.45, 2.75) is 45.1 Å². The van der Waals surface area contributed by atoms with Crippen LogP contribution < -0.4 is 0 Å². The molecule has 0 aliphatic carbocycles. The Kier molecular flexibility index (Phi) is 11.3. The maximum atomic E-state index is 9.51. The Morgan fingerprint density at radius 1 is 1.26 bits per heavy atom. The van der Waals surface area contributed by atoms with E-state index in [9.17, 15) is 5.11 Å². The van der Waals surface area contributed by atoms with E-state index in [1.54, 1.807) is 12.2 Å². The van der Waals surface area contributed by atoms with Crippen molar-refractivity contribution in [2.24, 2.45) is 0 Å². The van der Waals surface area contributed by atoms with Crippen molar-refractivity contribution in [2.75, 3.05) is 0 Å². The summed E-state index contributed by atoms with van der Waals surface area (Å²) >= 11 is 0. The molecule has 0 spiro atoms. The van der Waals surface area contributed by atoms with Crippen LogP contribution in [-0.4, -0.2) is 16.3 Å². The molecule has 0 rings (SSSR count). The molecule has 0 saturated heterocycles. The maximum Gasteiger partial charge on any atom is 0.134 e. The van der Waals surface area contributed by atoms with Gasteiger partial charge in [0, 0.05) is 0 Å². The average molecular weight is 258 g/mol.